The second-order valence-corrected chi connectivity index (χ2v) is 7.66. The van der Waals surface area contributed by atoms with Crippen molar-refractivity contribution >= 4 is 17.5 Å². The second kappa shape index (κ2) is 8.91. The monoisotopic (exact) mass is 384 g/mol. The molecule has 3 rings (SSSR count). The zero-order chi connectivity index (χ0) is 20.1. The fourth-order valence-corrected chi connectivity index (χ4v) is 3.56. The van der Waals surface area contributed by atoms with E-state index in [1.54, 1.807) is 37.6 Å². The van der Waals surface area contributed by atoms with Crippen molar-refractivity contribution in [2.45, 2.75) is 39.0 Å². The highest BCUT2D eigenvalue weighted by atomic mass is 16.5. The van der Waals surface area contributed by atoms with E-state index in [1.165, 1.54) is 0 Å². The van der Waals surface area contributed by atoms with Gasteiger partial charge in [-0.3, -0.25) is 14.7 Å². The fourth-order valence-electron chi connectivity index (χ4n) is 3.56. The minimum Gasteiger partial charge on any atom is -0.497 e. The van der Waals surface area contributed by atoms with Crippen molar-refractivity contribution in [1.29, 1.82) is 0 Å². The van der Waals surface area contributed by atoms with Crippen molar-refractivity contribution in [2.24, 2.45) is 5.92 Å². The van der Waals surface area contributed by atoms with Gasteiger partial charge in [0.2, 0.25) is 5.91 Å². The summed E-state index contributed by atoms with van der Waals surface area (Å²) >= 11 is 0. The highest BCUT2D eigenvalue weighted by Crippen LogP contribution is 2.31. The van der Waals surface area contributed by atoms with Crippen LogP contribution in [0.5, 0.6) is 5.75 Å². The molecule has 0 spiro atoms. The third kappa shape index (κ3) is 4.71. The number of benzene rings is 1. The van der Waals surface area contributed by atoms with E-state index in [1.807, 2.05) is 4.90 Å². The normalized spacial score (nSPS) is 16.9. The van der Waals surface area contributed by atoms with E-state index >= 15 is 0 Å². The number of hydrogen-bond donors (Lipinski definition) is 2. The molecule has 1 aromatic heterocycles. The van der Waals surface area contributed by atoms with E-state index in [9.17, 15) is 9.59 Å². The first-order valence-electron chi connectivity index (χ1n) is 9.74. The number of nitrogens with zero attached hydrogens (tertiary/aromatic N) is 2. The van der Waals surface area contributed by atoms with Crippen molar-refractivity contribution < 1.29 is 14.3 Å². The number of hydrogen-bond acceptors (Lipinski definition) is 4. The van der Waals surface area contributed by atoms with Crippen LogP contribution in [0.2, 0.25) is 0 Å². The summed E-state index contributed by atoms with van der Waals surface area (Å²) in [5, 5.41) is 10.1. The highest BCUT2D eigenvalue weighted by Gasteiger charge is 2.28. The Labute approximate surface area is 165 Å². The molecule has 1 aliphatic heterocycles. The summed E-state index contributed by atoms with van der Waals surface area (Å²) in [5.74, 6) is 1.18. The lowest BCUT2D eigenvalue weighted by Crippen LogP contribution is -2.39. The molecule has 1 aliphatic rings. The maximum Gasteiger partial charge on any atom is 0.255 e. The van der Waals surface area contributed by atoms with E-state index in [-0.39, 0.29) is 17.7 Å². The summed E-state index contributed by atoms with van der Waals surface area (Å²) < 4.78 is 5.13. The van der Waals surface area contributed by atoms with Gasteiger partial charge in [0.1, 0.15) is 5.75 Å². The zero-order valence-electron chi connectivity index (χ0n) is 16.7. The first kappa shape index (κ1) is 19.9. The fraction of sp³-hybridized carbons (Fsp3) is 0.476. The molecule has 1 saturated heterocycles. The van der Waals surface area contributed by atoms with Crippen molar-refractivity contribution in [1.82, 2.24) is 15.1 Å². The molecule has 150 valence electrons. The Kier molecular flexibility index (Phi) is 6.34. The lowest BCUT2D eigenvalue weighted by atomic mass is 9.93. The number of likely N-dealkylation sites (tertiary alicyclic amines) is 1. The summed E-state index contributed by atoms with van der Waals surface area (Å²) in [6.07, 6.45) is 4.10. The molecule has 0 aliphatic carbocycles. The van der Waals surface area contributed by atoms with Crippen molar-refractivity contribution in [3.8, 4) is 5.75 Å². The van der Waals surface area contributed by atoms with Crippen LogP contribution in [-0.2, 0) is 4.79 Å². The summed E-state index contributed by atoms with van der Waals surface area (Å²) in [7, 11) is 1.59. The molecule has 2 heterocycles. The number of methoxy groups -OCH3 is 1. The summed E-state index contributed by atoms with van der Waals surface area (Å²) in [4.78, 5) is 27.0. The number of H-pyrrole nitrogens is 1. The van der Waals surface area contributed by atoms with Gasteiger partial charge in [-0.2, -0.15) is 5.10 Å². The first-order valence-corrected chi connectivity index (χ1v) is 9.74. The van der Waals surface area contributed by atoms with Crippen LogP contribution in [0.1, 0.15) is 55.1 Å². The molecule has 0 radical (unpaired) electrons. The molecule has 0 saturated carbocycles. The Bertz CT molecular complexity index is 813. The molecule has 2 N–H and O–H groups in total. The molecule has 2 aromatic rings. The molecule has 7 nitrogen and oxygen atoms in total. The largest absolute Gasteiger partial charge is 0.497 e. The number of nitrogens with one attached hydrogen (secondary N) is 2. The van der Waals surface area contributed by atoms with Gasteiger partial charge in [-0.25, -0.2) is 0 Å². The van der Waals surface area contributed by atoms with E-state index in [0.29, 0.717) is 35.9 Å². The van der Waals surface area contributed by atoms with Gasteiger partial charge in [0.25, 0.3) is 5.91 Å². The van der Waals surface area contributed by atoms with Crippen LogP contribution in [0.25, 0.3) is 0 Å². The predicted molar refractivity (Wildman–Crippen MR) is 108 cm³/mol. The number of carbonyl (C=O) groups excluding carboxylic acids is 2. The minimum atomic E-state index is -0.200. The number of aromatic nitrogens is 2. The maximum atomic E-state index is 12.6. The molecular formula is C21H28N4O3. The van der Waals surface area contributed by atoms with Gasteiger partial charge in [-0.15, -0.1) is 0 Å². The Morgan fingerprint density at radius 3 is 2.75 bits per heavy atom. The highest BCUT2D eigenvalue weighted by molar-refractivity contribution is 6.04. The van der Waals surface area contributed by atoms with Crippen LogP contribution in [0.15, 0.2) is 30.5 Å². The molecular weight excluding hydrogens is 356 g/mol. The molecule has 1 fully saturated rings. The van der Waals surface area contributed by atoms with Crippen LogP contribution < -0.4 is 10.1 Å². The average molecular weight is 384 g/mol. The summed E-state index contributed by atoms with van der Waals surface area (Å²) in [5.41, 5.74) is 2.10. The number of piperidine rings is 1. The number of anilines is 1. The first-order chi connectivity index (χ1) is 13.5. The topological polar surface area (TPSA) is 87.3 Å². The van der Waals surface area contributed by atoms with Crippen molar-refractivity contribution in [3.63, 3.8) is 0 Å². The third-order valence-electron chi connectivity index (χ3n) is 5.03. The lowest BCUT2D eigenvalue weighted by molar-refractivity contribution is -0.133. The van der Waals surface area contributed by atoms with E-state index in [0.717, 1.165) is 25.1 Å². The van der Waals surface area contributed by atoms with Gasteiger partial charge in [0.15, 0.2) is 0 Å². The number of ether oxygens (including phenoxy) is 1. The van der Waals surface area contributed by atoms with Crippen LogP contribution in [-0.4, -0.2) is 47.1 Å². The Hall–Kier alpha value is -2.83. The lowest BCUT2D eigenvalue weighted by Gasteiger charge is -2.33. The smallest absolute Gasteiger partial charge is 0.255 e. The Morgan fingerprint density at radius 1 is 1.32 bits per heavy atom. The van der Waals surface area contributed by atoms with Crippen LogP contribution in [0, 0.1) is 5.92 Å². The van der Waals surface area contributed by atoms with Crippen molar-refractivity contribution in [2.75, 3.05) is 25.5 Å². The molecule has 0 bridgehead atoms. The molecule has 7 heteroatoms. The van der Waals surface area contributed by atoms with Crippen LogP contribution in [0.3, 0.4) is 0 Å². The number of amides is 2. The quantitative estimate of drug-likeness (QED) is 0.799. The van der Waals surface area contributed by atoms with Gasteiger partial charge >= 0.3 is 0 Å². The number of carbonyl (C=O) groups is 2. The molecule has 1 atom stereocenters. The van der Waals surface area contributed by atoms with Gasteiger partial charge in [-0.1, -0.05) is 13.8 Å². The van der Waals surface area contributed by atoms with E-state index < -0.39 is 0 Å². The minimum absolute atomic E-state index is 0.138. The van der Waals surface area contributed by atoms with Gasteiger partial charge in [-0.05, 0) is 43.0 Å². The summed E-state index contributed by atoms with van der Waals surface area (Å²) in [6, 6.07) is 6.96. The van der Waals surface area contributed by atoms with E-state index in [4.69, 9.17) is 4.74 Å². The standard InChI is InChI=1S/C21H28N4O3/c1-14(2)11-19(26)25-10-4-5-16(13-25)20-18(12-22-24-20)23-21(27)15-6-8-17(28-3)9-7-15/h6-9,12,14,16H,4-5,10-11,13H2,1-3H3,(H,22,24)(H,23,27)/t16-/m0/s1. The third-order valence-corrected chi connectivity index (χ3v) is 5.03. The average Bonchev–Trinajstić information content (AvgIpc) is 3.15. The zero-order valence-corrected chi connectivity index (χ0v) is 16.7. The van der Waals surface area contributed by atoms with Gasteiger partial charge in [0.05, 0.1) is 24.7 Å². The van der Waals surface area contributed by atoms with Crippen LogP contribution >= 0.6 is 0 Å². The van der Waals surface area contributed by atoms with Gasteiger partial charge < -0.3 is 15.0 Å². The SMILES string of the molecule is COc1ccc(C(=O)Nc2cn[nH]c2[C@H]2CCCN(C(=O)CC(C)C)C2)cc1. The number of rotatable bonds is 6. The predicted octanol–water partition coefficient (Wildman–Crippen LogP) is 3.42. The second-order valence-electron chi connectivity index (χ2n) is 7.66. The Balaban J connectivity index is 1.68. The molecule has 2 amide bonds. The molecule has 28 heavy (non-hydrogen) atoms. The molecule has 0 unspecified atom stereocenters. The maximum absolute atomic E-state index is 12.6. The van der Waals surface area contributed by atoms with Gasteiger partial charge in [0, 0.05) is 31.0 Å². The molecule has 1 aromatic carbocycles. The Morgan fingerprint density at radius 2 is 2.07 bits per heavy atom. The van der Waals surface area contributed by atoms with E-state index in [2.05, 4.69) is 29.4 Å². The summed E-state index contributed by atoms with van der Waals surface area (Å²) in [6.45, 7) is 5.56. The van der Waals surface area contributed by atoms with Crippen LogP contribution in [0.4, 0.5) is 5.69 Å². The number of aromatic amines is 1. The van der Waals surface area contributed by atoms with Crippen molar-refractivity contribution in [3.05, 3.63) is 41.7 Å².